The summed E-state index contributed by atoms with van der Waals surface area (Å²) in [5.74, 6) is 2.75. The molecule has 4 saturated carbocycles. The second-order valence-electron chi connectivity index (χ2n) is 11.5. The smallest absolute Gasteiger partial charge is 0.0754 e. The second-order valence-corrected chi connectivity index (χ2v) is 11.5. The van der Waals surface area contributed by atoms with Crippen LogP contribution in [0.5, 0.6) is 0 Å². The van der Waals surface area contributed by atoms with Crippen LogP contribution in [0.3, 0.4) is 0 Å². The Kier molecular flexibility index (Phi) is 5.62. The molecule has 4 N–H and O–H groups in total. The molecule has 0 bridgehead atoms. The van der Waals surface area contributed by atoms with Gasteiger partial charge < -0.3 is 20.4 Å². The third-order valence-corrected chi connectivity index (χ3v) is 10.2. The molecule has 0 radical (unpaired) electrons. The lowest BCUT2D eigenvalue weighted by molar-refractivity contribution is -0.158. The van der Waals surface area contributed by atoms with E-state index in [2.05, 4.69) is 20.8 Å². The van der Waals surface area contributed by atoms with Crippen LogP contribution < -0.4 is 0 Å². The van der Waals surface area contributed by atoms with Gasteiger partial charge >= 0.3 is 0 Å². The molecule has 0 heterocycles. The van der Waals surface area contributed by atoms with Crippen LogP contribution in [0.4, 0.5) is 0 Å². The number of rotatable bonds is 6. The molecule has 0 aromatic heterocycles. The standard InChI is InChI=1S/C25H42O4/c1-16(8-14-27)21-19(23(2)10-5-17(28)6-11-23)7-12-24(3)22(21)18-15-20(18)25(24,29)9-4-13-26/h8,14,16-22,26-29H,4-7,9-13,15H2,1-3H3/b14-8+/t16-,17?,18-,19?,20+,21?,22?,23?,24+,25+/m1/s1. The van der Waals surface area contributed by atoms with E-state index in [9.17, 15) is 20.4 Å². The van der Waals surface area contributed by atoms with Crippen molar-refractivity contribution in [3.63, 3.8) is 0 Å². The van der Waals surface area contributed by atoms with E-state index >= 15 is 0 Å². The van der Waals surface area contributed by atoms with Gasteiger partial charge in [-0.1, -0.05) is 20.8 Å². The quantitative estimate of drug-likeness (QED) is 0.492. The molecule has 4 heteroatoms. The Morgan fingerprint density at radius 1 is 1.07 bits per heavy atom. The fourth-order valence-corrected chi connectivity index (χ4v) is 8.56. The van der Waals surface area contributed by atoms with Crippen LogP contribution in [0.2, 0.25) is 0 Å². The first-order chi connectivity index (χ1) is 13.7. The predicted octanol–water partition coefficient (Wildman–Crippen LogP) is 4.44. The van der Waals surface area contributed by atoms with Crippen LogP contribution in [0.15, 0.2) is 12.3 Å². The minimum absolute atomic E-state index is 0.0982. The molecule has 8 atom stereocenters. The molecule has 4 fully saturated rings. The maximum atomic E-state index is 11.9. The van der Waals surface area contributed by atoms with Crippen LogP contribution in [0.1, 0.15) is 78.6 Å². The molecule has 0 aromatic carbocycles. The predicted molar refractivity (Wildman–Crippen MR) is 114 cm³/mol. The van der Waals surface area contributed by atoms with E-state index in [4.69, 9.17) is 0 Å². The Labute approximate surface area is 176 Å². The number of fused-ring (bicyclic) bond motifs is 3. The minimum atomic E-state index is -0.652. The average Bonchev–Trinajstić information content (AvgIpc) is 3.45. The Bertz CT molecular complexity index is 624. The summed E-state index contributed by atoms with van der Waals surface area (Å²) in [4.78, 5) is 0. The lowest BCUT2D eigenvalue weighted by atomic mass is 9.47. The van der Waals surface area contributed by atoms with E-state index in [0.29, 0.717) is 42.4 Å². The van der Waals surface area contributed by atoms with Gasteiger partial charge in [0.25, 0.3) is 0 Å². The Morgan fingerprint density at radius 3 is 2.38 bits per heavy atom. The SMILES string of the molecule is C[C@H](/C=C/O)C1C(C2(C)CCC(O)CC2)CC[C@@]2(C)C1[C@@H]1C[C@@H]1[C@@]2(O)CCCO. The van der Waals surface area contributed by atoms with Gasteiger partial charge in [-0.25, -0.2) is 0 Å². The van der Waals surface area contributed by atoms with E-state index in [-0.39, 0.29) is 29.5 Å². The fourth-order valence-electron chi connectivity index (χ4n) is 8.56. The molecule has 4 rings (SSSR count). The van der Waals surface area contributed by atoms with Crippen LogP contribution >= 0.6 is 0 Å². The molecule has 0 aliphatic heterocycles. The lowest BCUT2D eigenvalue weighted by Gasteiger charge is -2.59. The molecular weight excluding hydrogens is 364 g/mol. The molecule has 29 heavy (non-hydrogen) atoms. The minimum Gasteiger partial charge on any atom is -0.516 e. The van der Waals surface area contributed by atoms with E-state index in [0.717, 1.165) is 44.9 Å². The van der Waals surface area contributed by atoms with Crippen molar-refractivity contribution in [2.24, 2.45) is 46.3 Å². The summed E-state index contributed by atoms with van der Waals surface area (Å²) >= 11 is 0. The summed E-state index contributed by atoms with van der Waals surface area (Å²) in [6.45, 7) is 7.16. The number of hydrogen-bond acceptors (Lipinski definition) is 4. The molecule has 4 aliphatic rings. The van der Waals surface area contributed by atoms with Gasteiger partial charge in [-0.15, -0.1) is 0 Å². The van der Waals surface area contributed by atoms with Crippen molar-refractivity contribution in [3.05, 3.63) is 12.3 Å². The lowest BCUT2D eigenvalue weighted by Crippen LogP contribution is -2.56. The molecule has 0 aromatic rings. The average molecular weight is 407 g/mol. The van der Waals surface area contributed by atoms with Crippen molar-refractivity contribution in [1.82, 2.24) is 0 Å². The number of hydrogen-bond donors (Lipinski definition) is 4. The van der Waals surface area contributed by atoms with E-state index < -0.39 is 5.60 Å². The first-order valence-electron chi connectivity index (χ1n) is 12.0. The molecule has 4 aliphatic carbocycles. The van der Waals surface area contributed by atoms with Gasteiger partial charge in [0.15, 0.2) is 0 Å². The van der Waals surface area contributed by atoms with Gasteiger partial charge in [-0.3, -0.25) is 0 Å². The number of allylic oxidation sites excluding steroid dienone is 1. The molecule has 166 valence electrons. The first-order valence-corrected chi connectivity index (χ1v) is 12.0. The first kappa shape index (κ1) is 21.6. The zero-order valence-corrected chi connectivity index (χ0v) is 18.6. The van der Waals surface area contributed by atoms with Crippen LogP contribution in [0.25, 0.3) is 0 Å². The monoisotopic (exact) mass is 406 g/mol. The summed E-state index contributed by atoms with van der Waals surface area (Å²) in [5, 5.41) is 41.0. The Hall–Kier alpha value is -0.580. The van der Waals surface area contributed by atoms with Crippen molar-refractivity contribution in [3.8, 4) is 0 Å². The zero-order chi connectivity index (χ0) is 21.0. The van der Waals surface area contributed by atoms with Crippen molar-refractivity contribution in [2.45, 2.75) is 90.3 Å². The molecule has 3 unspecified atom stereocenters. The highest BCUT2D eigenvalue weighted by Crippen LogP contribution is 2.76. The zero-order valence-electron chi connectivity index (χ0n) is 18.6. The third-order valence-electron chi connectivity index (χ3n) is 10.2. The van der Waals surface area contributed by atoms with Gasteiger partial charge in [0, 0.05) is 6.61 Å². The summed E-state index contributed by atoms with van der Waals surface area (Å²) in [6.07, 6.45) is 11.7. The van der Waals surface area contributed by atoms with Gasteiger partial charge in [0.05, 0.1) is 18.0 Å². The maximum absolute atomic E-state index is 11.9. The van der Waals surface area contributed by atoms with Crippen molar-refractivity contribution >= 4 is 0 Å². The van der Waals surface area contributed by atoms with E-state index in [1.807, 2.05) is 6.08 Å². The van der Waals surface area contributed by atoms with Gasteiger partial charge in [0.2, 0.25) is 0 Å². The maximum Gasteiger partial charge on any atom is 0.0754 e. The van der Waals surface area contributed by atoms with Crippen LogP contribution in [0, 0.1) is 46.3 Å². The molecule has 4 nitrogen and oxygen atoms in total. The largest absolute Gasteiger partial charge is 0.516 e. The van der Waals surface area contributed by atoms with Crippen LogP contribution in [-0.4, -0.2) is 38.7 Å². The van der Waals surface area contributed by atoms with Crippen molar-refractivity contribution in [1.29, 1.82) is 0 Å². The van der Waals surface area contributed by atoms with Crippen LogP contribution in [-0.2, 0) is 0 Å². The molecule has 0 spiro atoms. The van der Waals surface area contributed by atoms with E-state index in [1.54, 1.807) is 0 Å². The summed E-state index contributed by atoms with van der Waals surface area (Å²) in [7, 11) is 0. The highest BCUT2D eigenvalue weighted by Gasteiger charge is 2.75. The molecular formula is C25H42O4. The molecule has 0 amide bonds. The van der Waals surface area contributed by atoms with Crippen molar-refractivity contribution in [2.75, 3.05) is 6.61 Å². The molecule has 0 saturated heterocycles. The topological polar surface area (TPSA) is 80.9 Å². The van der Waals surface area contributed by atoms with Crippen molar-refractivity contribution < 1.29 is 20.4 Å². The van der Waals surface area contributed by atoms with Gasteiger partial charge in [0.1, 0.15) is 0 Å². The highest BCUT2D eigenvalue weighted by atomic mass is 16.3. The van der Waals surface area contributed by atoms with E-state index in [1.165, 1.54) is 6.26 Å². The fraction of sp³-hybridized carbons (Fsp3) is 0.920. The second kappa shape index (κ2) is 7.53. The number of aliphatic hydroxyl groups is 4. The Balaban J connectivity index is 1.68. The summed E-state index contributed by atoms with van der Waals surface area (Å²) in [6, 6.07) is 0. The number of aliphatic hydroxyl groups excluding tert-OH is 3. The highest BCUT2D eigenvalue weighted by molar-refractivity contribution is 5.24. The summed E-state index contributed by atoms with van der Waals surface area (Å²) < 4.78 is 0. The van der Waals surface area contributed by atoms with Gasteiger partial charge in [-0.05, 0) is 110 Å². The normalized spacial score (nSPS) is 52.9. The van der Waals surface area contributed by atoms with Gasteiger partial charge in [-0.2, -0.15) is 0 Å². The summed E-state index contributed by atoms with van der Waals surface area (Å²) in [5.41, 5.74) is -0.515. The third kappa shape index (κ3) is 3.20. The Morgan fingerprint density at radius 2 is 1.76 bits per heavy atom.